The molecule has 1 aromatic heterocycles. The highest BCUT2D eigenvalue weighted by atomic mass is 32.1. The maximum atomic E-state index is 12.9. The molecule has 0 saturated carbocycles. The third kappa shape index (κ3) is 4.30. The Kier molecular flexibility index (Phi) is 5.42. The summed E-state index contributed by atoms with van der Waals surface area (Å²) in [5, 5.41) is 7.06. The number of thiazole rings is 1. The van der Waals surface area contributed by atoms with E-state index in [1.165, 1.54) is 23.5 Å². The molecule has 0 unspecified atom stereocenters. The first-order valence-corrected chi connectivity index (χ1v) is 8.80. The monoisotopic (exact) mass is 349 g/mol. The summed E-state index contributed by atoms with van der Waals surface area (Å²) in [6.45, 7) is 3.91. The predicted octanol–water partition coefficient (Wildman–Crippen LogP) is 2.65. The average molecular weight is 349 g/mol. The maximum absolute atomic E-state index is 12.9. The first-order chi connectivity index (χ1) is 11.6. The van der Waals surface area contributed by atoms with Gasteiger partial charge in [-0.15, -0.1) is 11.3 Å². The van der Waals surface area contributed by atoms with E-state index in [1.54, 1.807) is 12.1 Å². The van der Waals surface area contributed by atoms with Crippen LogP contribution in [0.5, 0.6) is 5.75 Å². The van der Waals surface area contributed by atoms with E-state index in [4.69, 9.17) is 4.74 Å². The second-order valence-electron chi connectivity index (χ2n) is 5.78. The Morgan fingerprint density at radius 2 is 2.25 bits per heavy atom. The molecular weight excluding hydrogens is 329 g/mol. The number of amides is 1. The van der Waals surface area contributed by atoms with Crippen molar-refractivity contribution in [2.45, 2.75) is 32.4 Å². The first kappa shape index (κ1) is 16.9. The number of aromatic nitrogens is 1. The minimum atomic E-state index is -0.302. The van der Waals surface area contributed by atoms with Crippen molar-refractivity contribution in [2.24, 2.45) is 0 Å². The molecule has 1 atom stereocenters. The highest BCUT2D eigenvalue weighted by molar-refractivity contribution is 7.13. The zero-order valence-electron chi connectivity index (χ0n) is 13.5. The summed E-state index contributed by atoms with van der Waals surface area (Å²) in [5.74, 6) is 0.193. The van der Waals surface area contributed by atoms with Gasteiger partial charge in [0.25, 0.3) is 5.91 Å². The Morgan fingerprint density at radius 3 is 2.96 bits per heavy atom. The minimum absolute atomic E-state index is 0.0771. The van der Waals surface area contributed by atoms with Gasteiger partial charge in [-0.2, -0.15) is 0 Å². The van der Waals surface area contributed by atoms with Crippen LogP contribution in [-0.4, -0.2) is 30.0 Å². The summed E-state index contributed by atoms with van der Waals surface area (Å²) >= 11 is 1.34. The van der Waals surface area contributed by atoms with Gasteiger partial charge in [0, 0.05) is 12.6 Å². The van der Waals surface area contributed by atoms with Crippen LogP contribution >= 0.6 is 11.3 Å². The molecule has 2 aromatic rings. The summed E-state index contributed by atoms with van der Waals surface area (Å²) in [5.41, 5.74) is 0.707. The Bertz CT molecular complexity index is 696. The van der Waals surface area contributed by atoms with E-state index >= 15 is 0 Å². The topological polar surface area (TPSA) is 63.2 Å². The van der Waals surface area contributed by atoms with Crippen molar-refractivity contribution in [1.29, 1.82) is 0 Å². The zero-order chi connectivity index (χ0) is 16.9. The molecule has 128 valence electrons. The van der Waals surface area contributed by atoms with Gasteiger partial charge in [0.05, 0.1) is 5.69 Å². The second kappa shape index (κ2) is 7.72. The largest absolute Gasteiger partial charge is 0.486 e. The zero-order valence-corrected chi connectivity index (χ0v) is 14.3. The minimum Gasteiger partial charge on any atom is -0.486 e. The van der Waals surface area contributed by atoms with Crippen LogP contribution in [-0.2, 0) is 6.61 Å². The fourth-order valence-corrected chi connectivity index (χ4v) is 3.51. The summed E-state index contributed by atoms with van der Waals surface area (Å²) in [7, 11) is 0. The van der Waals surface area contributed by atoms with Gasteiger partial charge in [-0.1, -0.05) is 0 Å². The van der Waals surface area contributed by atoms with Gasteiger partial charge in [-0.05, 0) is 50.6 Å². The lowest BCUT2D eigenvalue weighted by atomic mass is 10.1. The number of aryl methyl sites for hydroxylation is 1. The lowest BCUT2D eigenvalue weighted by molar-refractivity contribution is 0.0934. The van der Waals surface area contributed by atoms with E-state index in [1.807, 2.05) is 6.92 Å². The summed E-state index contributed by atoms with van der Waals surface area (Å²) in [6, 6.07) is 6.00. The highest BCUT2D eigenvalue weighted by Gasteiger charge is 2.20. The van der Waals surface area contributed by atoms with E-state index in [0.29, 0.717) is 16.3 Å². The SMILES string of the molecule is Cc1nc(COc2ccc(F)cc2)sc1C(=O)N[C@H]1CCCNC1. The van der Waals surface area contributed by atoms with Crippen LogP contribution in [0.4, 0.5) is 4.39 Å². The smallest absolute Gasteiger partial charge is 0.263 e. The molecular formula is C17H20FN3O2S. The van der Waals surface area contributed by atoms with Crippen LogP contribution in [0.15, 0.2) is 24.3 Å². The Balaban J connectivity index is 1.59. The summed E-state index contributed by atoms with van der Waals surface area (Å²) in [4.78, 5) is 17.4. The number of benzene rings is 1. The van der Waals surface area contributed by atoms with Crippen molar-refractivity contribution in [3.8, 4) is 5.75 Å². The molecule has 7 heteroatoms. The van der Waals surface area contributed by atoms with E-state index in [9.17, 15) is 9.18 Å². The molecule has 1 fully saturated rings. The number of hydrogen-bond acceptors (Lipinski definition) is 5. The number of ether oxygens (including phenoxy) is 1. The van der Waals surface area contributed by atoms with Gasteiger partial charge in [0.15, 0.2) is 0 Å². The number of hydrogen-bond donors (Lipinski definition) is 2. The maximum Gasteiger partial charge on any atom is 0.263 e. The van der Waals surface area contributed by atoms with E-state index in [2.05, 4.69) is 15.6 Å². The van der Waals surface area contributed by atoms with E-state index < -0.39 is 0 Å². The molecule has 5 nitrogen and oxygen atoms in total. The lowest BCUT2D eigenvalue weighted by Crippen LogP contribution is -2.45. The average Bonchev–Trinajstić information content (AvgIpc) is 2.96. The molecule has 0 radical (unpaired) electrons. The Morgan fingerprint density at radius 1 is 1.46 bits per heavy atom. The van der Waals surface area contributed by atoms with Crippen molar-refractivity contribution in [3.63, 3.8) is 0 Å². The third-order valence-electron chi connectivity index (χ3n) is 3.86. The van der Waals surface area contributed by atoms with Crippen LogP contribution in [0, 0.1) is 12.7 Å². The molecule has 1 aliphatic heterocycles. The first-order valence-electron chi connectivity index (χ1n) is 7.98. The van der Waals surface area contributed by atoms with Crippen molar-refractivity contribution >= 4 is 17.2 Å². The quantitative estimate of drug-likeness (QED) is 0.871. The molecule has 2 N–H and O–H groups in total. The molecule has 0 bridgehead atoms. The van der Waals surface area contributed by atoms with Crippen molar-refractivity contribution < 1.29 is 13.9 Å². The number of carbonyl (C=O) groups is 1. The normalized spacial score (nSPS) is 17.5. The second-order valence-corrected chi connectivity index (χ2v) is 6.87. The predicted molar refractivity (Wildman–Crippen MR) is 90.9 cm³/mol. The highest BCUT2D eigenvalue weighted by Crippen LogP contribution is 2.21. The molecule has 2 heterocycles. The van der Waals surface area contributed by atoms with Gasteiger partial charge < -0.3 is 15.4 Å². The van der Waals surface area contributed by atoms with Crippen LogP contribution < -0.4 is 15.4 Å². The van der Waals surface area contributed by atoms with E-state index in [-0.39, 0.29) is 24.4 Å². The Hall–Kier alpha value is -1.99. The fourth-order valence-electron chi connectivity index (χ4n) is 2.63. The lowest BCUT2D eigenvalue weighted by Gasteiger charge is -2.23. The van der Waals surface area contributed by atoms with Gasteiger partial charge in [0.2, 0.25) is 0 Å². The molecule has 1 aromatic carbocycles. The molecule has 1 amide bonds. The molecule has 1 saturated heterocycles. The molecule has 24 heavy (non-hydrogen) atoms. The third-order valence-corrected chi connectivity index (χ3v) is 4.98. The number of rotatable bonds is 5. The fraction of sp³-hybridized carbons (Fsp3) is 0.412. The summed E-state index contributed by atoms with van der Waals surface area (Å²) in [6.07, 6.45) is 2.07. The Labute approximate surface area is 144 Å². The van der Waals surface area contributed by atoms with Gasteiger partial charge in [-0.25, -0.2) is 9.37 Å². The van der Waals surface area contributed by atoms with Crippen molar-refractivity contribution in [3.05, 3.63) is 45.7 Å². The number of halogens is 1. The van der Waals surface area contributed by atoms with Gasteiger partial charge in [0.1, 0.15) is 28.1 Å². The molecule has 3 rings (SSSR count). The van der Waals surface area contributed by atoms with Crippen LogP contribution in [0.2, 0.25) is 0 Å². The molecule has 0 aliphatic carbocycles. The number of piperidine rings is 1. The molecule has 1 aliphatic rings. The van der Waals surface area contributed by atoms with Gasteiger partial charge >= 0.3 is 0 Å². The van der Waals surface area contributed by atoms with Crippen LogP contribution in [0.1, 0.15) is 33.2 Å². The van der Waals surface area contributed by atoms with Gasteiger partial charge in [-0.3, -0.25) is 4.79 Å². The van der Waals surface area contributed by atoms with Crippen molar-refractivity contribution in [1.82, 2.24) is 15.6 Å². The number of carbonyl (C=O) groups excluding carboxylic acids is 1. The number of nitrogens with one attached hydrogen (secondary N) is 2. The van der Waals surface area contributed by atoms with Crippen LogP contribution in [0.3, 0.4) is 0 Å². The van der Waals surface area contributed by atoms with E-state index in [0.717, 1.165) is 30.9 Å². The van der Waals surface area contributed by atoms with Crippen LogP contribution in [0.25, 0.3) is 0 Å². The summed E-state index contributed by atoms with van der Waals surface area (Å²) < 4.78 is 18.5. The number of nitrogens with zero attached hydrogens (tertiary/aromatic N) is 1. The standard InChI is InChI=1S/C17H20FN3O2S/c1-11-16(17(22)21-13-3-2-8-19-9-13)24-15(20-11)10-23-14-6-4-12(18)5-7-14/h4-7,13,19H,2-3,8-10H2,1H3,(H,21,22)/t13-/m0/s1. The van der Waals surface area contributed by atoms with Crippen molar-refractivity contribution in [2.75, 3.05) is 13.1 Å². The molecule has 0 spiro atoms.